The molecule has 1 N–H and O–H groups in total. The second-order valence-corrected chi connectivity index (χ2v) is 9.50. The number of aromatic nitrogens is 9. The number of rotatable bonds is 10. The second kappa shape index (κ2) is 11.8. The number of hydrogen-bond donors (Lipinski definition) is 1. The van der Waals surface area contributed by atoms with Crippen molar-refractivity contribution >= 4 is 18.1 Å². The molecule has 1 aliphatic rings. The van der Waals surface area contributed by atoms with Crippen LogP contribution in [0.4, 0.5) is 14.7 Å². The number of H-pyrrole nitrogens is 1. The summed E-state index contributed by atoms with van der Waals surface area (Å²) in [6.45, 7) is 2.55. The minimum absolute atomic E-state index is 0.0603. The Labute approximate surface area is 237 Å². The zero-order chi connectivity index (χ0) is 29.1. The summed E-state index contributed by atoms with van der Waals surface area (Å²) in [5.74, 6) is 1.20. The third-order valence-corrected chi connectivity index (χ3v) is 6.94. The zero-order valence-corrected chi connectivity index (χ0v) is 22.4. The van der Waals surface area contributed by atoms with E-state index in [1.165, 1.54) is 6.07 Å². The van der Waals surface area contributed by atoms with Gasteiger partial charge in [0.1, 0.15) is 5.75 Å². The van der Waals surface area contributed by atoms with E-state index in [0.29, 0.717) is 66.0 Å². The van der Waals surface area contributed by atoms with Crippen molar-refractivity contribution < 1.29 is 23.0 Å². The molecule has 0 unspecified atom stereocenters. The summed E-state index contributed by atoms with van der Waals surface area (Å²) in [6.07, 6.45) is 5.16. The number of carbonyl (C=O) groups excluding carboxylic acids is 1. The maximum absolute atomic E-state index is 13.0. The summed E-state index contributed by atoms with van der Waals surface area (Å²) in [7, 11) is 0. The summed E-state index contributed by atoms with van der Waals surface area (Å²) in [4.78, 5) is 33.7. The Kier molecular flexibility index (Phi) is 7.59. The monoisotopic (exact) mass is 577 g/mol. The average Bonchev–Trinajstić information content (AvgIpc) is 3.61. The van der Waals surface area contributed by atoms with Crippen LogP contribution in [-0.2, 0) is 17.8 Å². The largest absolute Gasteiger partial charge is 0.435 e. The van der Waals surface area contributed by atoms with Crippen LogP contribution in [0.1, 0.15) is 22.8 Å². The molecule has 0 amide bonds. The number of nitrogens with zero attached hydrogens (tertiary/aromatic N) is 10. The Morgan fingerprint density at radius 1 is 1.10 bits per heavy atom. The molecule has 4 aromatic heterocycles. The molecule has 1 aromatic carbocycles. The number of halogens is 2. The van der Waals surface area contributed by atoms with Gasteiger partial charge in [0.25, 0.3) is 6.47 Å². The normalized spacial score (nSPS) is 14.0. The number of fused-ring (bicyclic) bond motifs is 1. The molecule has 16 heteroatoms. The number of tetrazole rings is 1. The lowest BCUT2D eigenvalue weighted by Crippen LogP contribution is -2.46. The molecular weight excluding hydrogens is 552 g/mol. The highest BCUT2D eigenvalue weighted by Crippen LogP contribution is 2.30. The standard InChI is InChI=1S/C26H25F2N11O3/c1-16-20(10-17-4-2-3-5-21(17)42-25(27)28)39-13-19(29-12-23(39)31-16)18-11-30-26(32-24(18)41-15-40)38-8-6-37(7-9-38)14-22-33-35-36-34-22/h2-5,11-13,15,25H,6-10,14H2,1H3,(H,33,34,35,36). The molecule has 6 rings (SSSR count). The van der Waals surface area contributed by atoms with Crippen molar-refractivity contribution in [2.75, 3.05) is 31.1 Å². The van der Waals surface area contributed by atoms with Crippen LogP contribution in [0.5, 0.6) is 11.6 Å². The first-order valence-electron chi connectivity index (χ1n) is 13.0. The van der Waals surface area contributed by atoms with Crippen LogP contribution in [0.3, 0.4) is 0 Å². The van der Waals surface area contributed by atoms with E-state index in [2.05, 4.69) is 45.5 Å². The van der Waals surface area contributed by atoms with Gasteiger partial charge >= 0.3 is 6.61 Å². The van der Waals surface area contributed by atoms with Gasteiger partial charge in [-0.3, -0.25) is 19.1 Å². The van der Waals surface area contributed by atoms with Gasteiger partial charge in [0.2, 0.25) is 11.8 Å². The summed E-state index contributed by atoms with van der Waals surface area (Å²) in [5.41, 5.74) is 3.45. The third-order valence-electron chi connectivity index (χ3n) is 6.94. The topological polar surface area (TPSA) is 152 Å². The van der Waals surface area contributed by atoms with Crippen LogP contribution in [-0.4, -0.2) is 89.1 Å². The molecule has 14 nitrogen and oxygen atoms in total. The van der Waals surface area contributed by atoms with Crippen molar-refractivity contribution in [3.05, 3.63) is 65.6 Å². The molecule has 0 aliphatic carbocycles. The summed E-state index contributed by atoms with van der Waals surface area (Å²) in [6, 6.07) is 6.63. The van der Waals surface area contributed by atoms with Gasteiger partial charge in [0.15, 0.2) is 11.5 Å². The number of hydrogen-bond acceptors (Lipinski definition) is 12. The molecule has 0 saturated carbocycles. The number of nitrogens with one attached hydrogen (secondary N) is 1. The molecule has 0 radical (unpaired) electrons. The minimum Gasteiger partial charge on any atom is -0.435 e. The molecule has 1 fully saturated rings. The van der Waals surface area contributed by atoms with E-state index in [4.69, 9.17) is 9.47 Å². The van der Waals surface area contributed by atoms with E-state index in [1.807, 2.05) is 16.2 Å². The Bertz CT molecular complexity index is 1690. The second-order valence-electron chi connectivity index (χ2n) is 9.50. The van der Waals surface area contributed by atoms with Crippen molar-refractivity contribution in [1.29, 1.82) is 0 Å². The van der Waals surface area contributed by atoms with Gasteiger partial charge in [-0.2, -0.15) is 19.0 Å². The fourth-order valence-electron chi connectivity index (χ4n) is 4.89. The van der Waals surface area contributed by atoms with Gasteiger partial charge in [0.05, 0.1) is 35.4 Å². The van der Waals surface area contributed by atoms with E-state index in [9.17, 15) is 13.6 Å². The van der Waals surface area contributed by atoms with E-state index in [-0.39, 0.29) is 18.1 Å². The van der Waals surface area contributed by atoms with Crippen LogP contribution in [0.25, 0.3) is 16.9 Å². The van der Waals surface area contributed by atoms with Crippen LogP contribution in [0.2, 0.25) is 0 Å². The maximum Gasteiger partial charge on any atom is 0.387 e. The number of carbonyl (C=O) groups is 1. The molecule has 42 heavy (non-hydrogen) atoms. The molecule has 5 aromatic rings. The van der Waals surface area contributed by atoms with Crippen LogP contribution in [0.15, 0.2) is 42.9 Å². The van der Waals surface area contributed by atoms with Crippen molar-refractivity contribution in [3.63, 3.8) is 0 Å². The number of benzene rings is 1. The minimum atomic E-state index is -2.94. The number of alkyl halides is 2. The lowest BCUT2D eigenvalue weighted by Gasteiger charge is -2.34. The fourth-order valence-corrected chi connectivity index (χ4v) is 4.89. The van der Waals surface area contributed by atoms with Crippen LogP contribution >= 0.6 is 0 Å². The molecule has 0 atom stereocenters. The van der Waals surface area contributed by atoms with Gasteiger partial charge in [-0.05, 0) is 13.0 Å². The molecule has 216 valence electrons. The summed E-state index contributed by atoms with van der Waals surface area (Å²) >= 11 is 0. The fraction of sp³-hybridized carbons (Fsp3) is 0.308. The first kappa shape index (κ1) is 27.1. The average molecular weight is 578 g/mol. The van der Waals surface area contributed by atoms with Crippen LogP contribution < -0.4 is 14.4 Å². The molecular formula is C26H25F2N11O3. The predicted octanol–water partition coefficient (Wildman–Crippen LogP) is 2.06. The first-order chi connectivity index (χ1) is 20.5. The van der Waals surface area contributed by atoms with Crippen LogP contribution in [0, 0.1) is 6.92 Å². The third kappa shape index (κ3) is 5.69. The van der Waals surface area contributed by atoms with Gasteiger partial charge in [-0.1, -0.05) is 23.4 Å². The Morgan fingerprint density at radius 3 is 2.69 bits per heavy atom. The van der Waals surface area contributed by atoms with Crippen molar-refractivity contribution in [2.45, 2.75) is 26.5 Å². The van der Waals surface area contributed by atoms with E-state index < -0.39 is 6.61 Å². The molecule has 1 aliphatic heterocycles. The van der Waals surface area contributed by atoms with Crippen molar-refractivity contribution in [3.8, 4) is 22.9 Å². The Morgan fingerprint density at radius 2 is 1.93 bits per heavy atom. The lowest BCUT2D eigenvalue weighted by molar-refractivity contribution is -0.120. The lowest BCUT2D eigenvalue weighted by atomic mass is 10.1. The highest BCUT2D eigenvalue weighted by molar-refractivity contribution is 5.67. The summed E-state index contributed by atoms with van der Waals surface area (Å²) < 4.78 is 37.7. The SMILES string of the molecule is Cc1nc2cnc(-c3cnc(N4CCN(Cc5nn[nH]n5)CC4)nc3OC=O)cn2c1Cc1ccccc1OC(F)F. The number of aromatic amines is 1. The van der Waals surface area contributed by atoms with Crippen molar-refractivity contribution in [1.82, 2.24) is 49.9 Å². The summed E-state index contributed by atoms with van der Waals surface area (Å²) in [5, 5.41) is 14.0. The molecule has 5 heterocycles. The smallest absolute Gasteiger partial charge is 0.387 e. The predicted molar refractivity (Wildman–Crippen MR) is 143 cm³/mol. The number of ether oxygens (including phenoxy) is 2. The number of anilines is 1. The van der Waals surface area contributed by atoms with Gasteiger partial charge in [-0.15, -0.1) is 10.2 Å². The van der Waals surface area contributed by atoms with Gasteiger partial charge in [-0.25, -0.2) is 9.97 Å². The van der Waals surface area contributed by atoms with E-state index in [1.54, 1.807) is 36.8 Å². The van der Waals surface area contributed by atoms with Crippen molar-refractivity contribution in [2.24, 2.45) is 0 Å². The zero-order valence-electron chi connectivity index (χ0n) is 22.4. The number of piperazine rings is 1. The number of imidazole rings is 1. The first-order valence-corrected chi connectivity index (χ1v) is 13.0. The Hall–Kier alpha value is -5.12. The Balaban J connectivity index is 1.26. The molecule has 0 spiro atoms. The van der Waals surface area contributed by atoms with E-state index in [0.717, 1.165) is 18.8 Å². The molecule has 0 bridgehead atoms. The maximum atomic E-state index is 13.0. The number of para-hydroxylation sites is 1. The highest BCUT2D eigenvalue weighted by atomic mass is 19.3. The van der Waals surface area contributed by atoms with Gasteiger partial charge in [0, 0.05) is 50.6 Å². The van der Waals surface area contributed by atoms with E-state index >= 15 is 0 Å². The highest BCUT2D eigenvalue weighted by Gasteiger charge is 2.23. The quantitative estimate of drug-likeness (QED) is 0.242. The van der Waals surface area contributed by atoms with Gasteiger partial charge < -0.3 is 14.4 Å². The molecule has 1 saturated heterocycles. The number of aryl methyl sites for hydroxylation is 1.